The molecule has 0 bridgehead atoms. The quantitative estimate of drug-likeness (QED) is 0.898. The van der Waals surface area contributed by atoms with Gasteiger partial charge in [-0.1, -0.05) is 0 Å². The number of aryl methyl sites for hydroxylation is 2. The lowest BCUT2D eigenvalue weighted by Gasteiger charge is -2.12. The molecule has 0 spiro atoms. The molecule has 0 fully saturated rings. The lowest BCUT2D eigenvalue weighted by molar-refractivity contribution is 0.170. The number of rotatable bonds is 3. The first-order chi connectivity index (χ1) is 8.47. The van der Waals surface area contributed by atoms with Gasteiger partial charge in [0.05, 0.1) is 11.4 Å². The average Bonchev–Trinajstić information content (AvgIpc) is 2.57. The van der Waals surface area contributed by atoms with Gasteiger partial charge in [-0.15, -0.1) is 0 Å². The minimum atomic E-state index is -0.651. The molecule has 2 aromatic rings. The van der Waals surface area contributed by atoms with Gasteiger partial charge in [0, 0.05) is 34.3 Å². The van der Waals surface area contributed by atoms with Crippen molar-refractivity contribution in [3.8, 4) is 0 Å². The molecule has 0 aromatic carbocycles. The van der Waals surface area contributed by atoms with Crippen LogP contribution < -0.4 is 0 Å². The van der Waals surface area contributed by atoms with E-state index in [1.165, 1.54) is 0 Å². The van der Waals surface area contributed by atoms with Gasteiger partial charge in [-0.05, 0) is 50.9 Å². The van der Waals surface area contributed by atoms with Gasteiger partial charge in [-0.25, -0.2) is 0 Å². The Morgan fingerprint density at radius 1 is 1.39 bits per heavy atom. The van der Waals surface area contributed by atoms with Crippen LogP contribution in [-0.2, 0) is 13.5 Å². The summed E-state index contributed by atoms with van der Waals surface area (Å²) in [4.78, 5) is 4.24. The minimum Gasteiger partial charge on any atom is -0.386 e. The van der Waals surface area contributed by atoms with Crippen molar-refractivity contribution in [2.75, 3.05) is 0 Å². The third-order valence-corrected chi connectivity index (χ3v) is 3.72. The molecule has 0 aliphatic carbocycles. The van der Waals surface area contributed by atoms with E-state index >= 15 is 0 Å². The highest BCUT2D eigenvalue weighted by atomic mass is 79.9. The fourth-order valence-electron chi connectivity index (χ4n) is 1.82. The topological polar surface area (TPSA) is 50.9 Å². The molecule has 1 N–H and O–H groups in total. The van der Waals surface area contributed by atoms with Crippen molar-refractivity contribution >= 4 is 31.9 Å². The molecule has 96 valence electrons. The van der Waals surface area contributed by atoms with Crippen LogP contribution in [0.3, 0.4) is 0 Å². The highest BCUT2D eigenvalue weighted by molar-refractivity contribution is 9.11. The molecular weight excluding hydrogens is 362 g/mol. The molecule has 1 atom stereocenters. The fraction of sp³-hybridized carbons (Fsp3) is 0.333. The molecule has 2 heterocycles. The number of pyridine rings is 1. The van der Waals surface area contributed by atoms with Gasteiger partial charge in [0.15, 0.2) is 0 Å². The van der Waals surface area contributed by atoms with Crippen molar-refractivity contribution in [2.24, 2.45) is 7.05 Å². The summed E-state index contributed by atoms with van der Waals surface area (Å²) in [6, 6.07) is 3.84. The van der Waals surface area contributed by atoms with Gasteiger partial charge in [-0.2, -0.15) is 5.10 Å². The van der Waals surface area contributed by atoms with Crippen molar-refractivity contribution in [3.63, 3.8) is 0 Å². The summed E-state index contributed by atoms with van der Waals surface area (Å²) in [5.41, 5.74) is 2.57. The maximum absolute atomic E-state index is 10.2. The largest absolute Gasteiger partial charge is 0.386 e. The molecule has 2 aromatic heterocycles. The van der Waals surface area contributed by atoms with Crippen LogP contribution in [0.5, 0.6) is 0 Å². The highest BCUT2D eigenvalue weighted by Crippen LogP contribution is 2.26. The van der Waals surface area contributed by atoms with Crippen LogP contribution >= 0.6 is 31.9 Å². The Morgan fingerprint density at radius 3 is 2.67 bits per heavy atom. The third-order valence-electron chi connectivity index (χ3n) is 2.65. The van der Waals surface area contributed by atoms with E-state index in [1.807, 2.05) is 26.1 Å². The monoisotopic (exact) mass is 373 g/mol. The van der Waals surface area contributed by atoms with E-state index in [0.717, 1.165) is 20.3 Å². The van der Waals surface area contributed by atoms with Gasteiger partial charge in [0.1, 0.15) is 6.10 Å². The summed E-state index contributed by atoms with van der Waals surface area (Å²) < 4.78 is 3.45. The van der Waals surface area contributed by atoms with Gasteiger partial charge in [0.2, 0.25) is 0 Å². The molecule has 0 amide bonds. The summed E-state index contributed by atoms with van der Waals surface area (Å²) in [6.07, 6.45) is 1.52. The molecule has 0 saturated carbocycles. The maximum Gasteiger partial charge on any atom is 0.103 e. The van der Waals surface area contributed by atoms with Gasteiger partial charge < -0.3 is 5.11 Å². The van der Waals surface area contributed by atoms with Crippen LogP contribution in [0, 0.1) is 6.92 Å². The first-order valence-corrected chi connectivity index (χ1v) is 7.04. The number of aliphatic hydroxyl groups is 1. The summed E-state index contributed by atoms with van der Waals surface area (Å²) in [7, 11) is 1.87. The van der Waals surface area contributed by atoms with E-state index in [9.17, 15) is 5.11 Å². The second-order valence-electron chi connectivity index (χ2n) is 4.14. The molecule has 4 nitrogen and oxygen atoms in total. The van der Waals surface area contributed by atoms with E-state index in [4.69, 9.17) is 0 Å². The predicted molar refractivity (Wildman–Crippen MR) is 76.2 cm³/mol. The molecule has 0 saturated heterocycles. The average molecular weight is 375 g/mol. The Hall–Kier alpha value is -0.720. The zero-order valence-electron chi connectivity index (χ0n) is 10.1. The van der Waals surface area contributed by atoms with Crippen molar-refractivity contribution in [1.82, 2.24) is 14.8 Å². The lowest BCUT2D eigenvalue weighted by Crippen LogP contribution is -2.08. The van der Waals surface area contributed by atoms with Crippen LogP contribution in [0.4, 0.5) is 0 Å². The van der Waals surface area contributed by atoms with Gasteiger partial charge in [0.25, 0.3) is 0 Å². The summed E-state index contributed by atoms with van der Waals surface area (Å²) in [5.74, 6) is 0. The summed E-state index contributed by atoms with van der Waals surface area (Å²) >= 11 is 6.75. The second kappa shape index (κ2) is 5.50. The normalized spacial score (nSPS) is 12.7. The number of hydrogen-bond donors (Lipinski definition) is 1. The molecule has 0 aliphatic heterocycles. The number of halogens is 2. The Balaban J connectivity index is 2.21. The zero-order chi connectivity index (χ0) is 13.3. The minimum absolute atomic E-state index is 0.491. The Labute approximate surface area is 122 Å². The molecular formula is C12H13Br2N3O. The maximum atomic E-state index is 10.2. The third kappa shape index (κ3) is 2.99. The molecule has 0 aliphatic rings. The fourth-order valence-corrected chi connectivity index (χ4v) is 3.07. The van der Waals surface area contributed by atoms with E-state index in [0.29, 0.717) is 12.1 Å². The van der Waals surface area contributed by atoms with E-state index in [2.05, 4.69) is 41.9 Å². The van der Waals surface area contributed by atoms with Crippen molar-refractivity contribution in [2.45, 2.75) is 19.4 Å². The van der Waals surface area contributed by atoms with Crippen molar-refractivity contribution in [1.29, 1.82) is 0 Å². The van der Waals surface area contributed by atoms with E-state index in [1.54, 1.807) is 10.9 Å². The first-order valence-electron chi connectivity index (χ1n) is 5.46. The number of nitrogens with zero attached hydrogens (tertiary/aromatic N) is 3. The molecule has 2 rings (SSSR count). The zero-order valence-corrected chi connectivity index (χ0v) is 13.2. The van der Waals surface area contributed by atoms with Crippen molar-refractivity contribution < 1.29 is 5.11 Å². The van der Waals surface area contributed by atoms with Crippen LogP contribution in [0.15, 0.2) is 27.3 Å². The van der Waals surface area contributed by atoms with Crippen LogP contribution in [0.2, 0.25) is 0 Å². The van der Waals surface area contributed by atoms with E-state index < -0.39 is 6.10 Å². The van der Waals surface area contributed by atoms with Gasteiger partial charge >= 0.3 is 0 Å². The molecule has 6 heteroatoms. The number of aromatic nitrogens is 3. The second-order valence-corrected chi connectivity index (χ2v) is 5.91. The Bertz CT molecular complexity index is 568. The van der Waals surface area contributed by atoms with Crippen LogP contribution in [-0.4, -0.2) is 19.9 Å². The Morgan fingerprint density at radius 2 is 2.11 bits per heavy atom. The first kappa shape index (κ1) is 13.7. The predicted octanol–water partition coefficient (Wildman–Crippen LogP) is 2.92. The van der Waals surface area contributed by atoms with Gasteiger partial charge in [-0.3, -0.25) is 9.67 Å². The number of hydrogen-bond acceptors (Lipinski definition) is 3. The standard InChI is InChI=1S/C12H13Br2N3O/c1-7-3-9(17(2)16-7)5-11(18)12-10(14)4-8(13)6-15-12/h3-4,6,11,18H,5H2,1-2H3. The summed E-state index contributed by atoms with van der Waals surface area (Å²) in [5, 5.41) is 14.5. The number of aliphatic hydroxyl groups excluding tert-OH is 1. The molecule has 18 heavy (non-hydrogen) atoms. The lowest BCUT2D eigenvalue weighted by atomic mass is 10.1. The van der Waals surface area contributed by atoms with Crippen molar-refractivity contribution in [3.05, 3.63) is 44.4 Å². The molecule has 0 radical (unpaired) electrons. The smallest absolute Gasteiger partial charge is 0.103 e. The van der Waals surface area contributed by atoms with E-state index in [-0.39, 0.29) is 0 Å². The van der Waals surface area contributed by atoms with Crippen LogP contribution in [0.1, 0.15) is 23.2 Å². The SMILES string of the molecule is Cc1cc(CC(O)c2ncc(Br)cc2Br)n(C)n1. The highest BCUT2D eigenvalue weighted by Gasteiger charge is 2.16. The van der Waals surface area contributed by atoms with Crippen LogP contribution in [0.25, 0.3) is 0 Å². The Kier molecular flexibility index (Phi) is 4.19. The summed E-state index contributed by atoms with van der Waals surface area (Å²) in [6.45, 7) is 1.93. The molecule has 1 unspecified atom stereocenters.